The molecule has 3 N–H and O–H groups in total. The zero-order valence-corrected chi connectivity index (χ0v) is 16.6. The van der Waals surface area contributed by atoms with Crippen molar-refractivity contribution in [3.05, 3.63) is 24.3 Å². The first-order valence-electron chi connectivity index (χ1n) is 7.74. The lowest BCUT2D eigenvalue weighted by Gasteiger charge is -2.19. The van der Waals surface area contributed by atoms with Crippen LogP contribution in [0.5, 0.6) is 5.75 Å². The Balaban J connectivity index is 1.79. The van der Waals surface area contributed by atoms with E-state index in [-0.39, 0.29) is 23.2 Å². The fourth-order valence-electron chi connectivity index (χ4n) is 1.79. The summed E-state index contributed by atoms with van der Waals surface area (Å²) < 4.78 is 5.67. The van der Waals surface area contributed by atoms with E-state index in [0.717, 1.165) is 5.75 Å². The molecule has 1 aromatic carbocycles. The third-order valence-corrected chi connectivity index (χ3v) is 4.79. The van der Waals surface area contributed by atoms with Gasteiger partial charge in [0.25, 0.3) is 0 Å². The number of carbonyl (C=O) groups is 2. The maximum Gasteiger partial charge on any atom is 0.321 e. The molecule has 0 aliphatic heterocycles. The number of nitrogens with one attached hydrogen (secondary N) is 3. The van der Waals surface area contributed by atoms with Crippen LogP contribution in [0.4, 0.5) is 15.6 Å². The lowest BCUT2D eigenvalue weighted by molar-refractivity contribution is -0.113. The third kappa shape index (κ3) is 6.89. The summed E-state index contributed by atoms with van der Waals surface area (Å²) in [6.07, 6.45) is 0. The maximum absolute atomic E-state index is 12.0. The van der Waals surface area contributed by atoms with Gasteiger partial charge in [-0.3, -0.25) is 10.1 Å². The number of rotatable bonds is 6. The van der Waals surface area contributed by atoms with Gasteiger partial charge in [-0.25, -0.2) is 4.79 Å². The fourth-order valence-corrected chi connectivity index (χ4v) is 3.33. The summed E-state index contributed by atoms with van der Waals surface area (Å²) in [4.78, 5) is 23.8. The molecule has 0 radical (unpaired) electrons. The van der Waals surface area contributed by atoms with Gasteiger partial charge in [-0.05, 0) is 45.0 Å². The van der Waals surface area contributed by atoms with Crippen molar-refractivity contribution in [2.45, 2.75) is 30.6 Å². The molecule has 2 aromatic rings. The van der Waals surface area contributed by atoms with Crippen LogP contribution in [-0.4, -0.2) is 40.5 Å². The highest BCUT2D eigenvalue weighted by Gasteiger charge is 2.15. The van der Waals surface area contributed by atoms with Crippen molar-refractivity contribution < 1.29 is 14.3 Å². The van der Waals surface area contributed by atoms with E-state index in [2.05, 4.69) is 26.1 Å². The van der Waals surface area contributed by atoms with E-state index in [0.29, 0.717) is 15.2 Å². The van der Waals surface area contributed by atoms with Crippen LogP contribution in [0.2, 0.25) is 0 Å². The quantitative estimate of drug-likeness (QED) is 0.512. The standard InChI is InChI=1S/C16H21N5O3S2/c1-16(2,3)19-13(23)18-14-20-21-15(26-14)25-9-12(22)17-10-5-7-11(24-4)8-6-10/h5-8H,9H2,1-4H3,(H,17,22)(H2,18,19,20,23). The molecule has 0 bridgehead atoms. The summed E-state index contributed by atoms with van der Waals surface area (Å²) >= 11 is 2.47. The van der Waals surface area contributed by atoms with Gasteiger partial charge in [0.1, 0.15) is 5.75 Å². The molecule has 140 valence electrons. The first kappa shape index (κ1) is 20.0. The van der Waals surface area contributed by atoms with Crippen molar-refractivity contribution in [1.82, 2.24) is 15.5 Å². The van der Waals surface area contributed by atoms with Crippen LogP contribution in [0, 0.1) is 0 Å². The Morgan fingerprint density at radius 2 is 1.85 bits per heavy atom. The molecular weight excluding hydrogens is 374 g/mol. The molecule has 0 saturated heterocycles. The molecule has 0 aliphatic rings. The van der Waals surface area contributed by atoms with Gasteiger partial charge in [0.15, 0.2) is 4.34 Å². The zero-order chi connectivity index (χ0) is 19.2. The van der Waals surface area contributed by atoms with E-state index >= 15 is 0 Å². The van der Waals surface area contributed by atoms with Crippen LogP contribution >= 0.6 is 23.1 Å². The highest BCUT2D eigenvalue weighted by atomic mass is 32.2. The van der Waals surface area contributed by atoms with Gasteiger partial charge in [0, 0.05) is 11.2 Å². The lowest BCUT2D eigenvalue weighted by atomic mass is 10.1. The van der Waals surface area contributed by atoms with Gasteiger partial charge in [0.05, 0.1) is 12.9 Å². The molecule has 8 nitrogen and oxygen atoms in total. The second-order valence-corrected chi connectivity index (χ2v) is 8.47. The van der Waals surface area contributed by atoms with Gasteiger partial charge in [-0.15, -0.1) is 10.2 Å². The van der Waals surface area contributed by atoms with Crippen molar-refractivity contribution in [1.29, 1.82) is 0 Å². The van der Waals surface area contributed by atoms with Crippen LogP contribution in [0.3, 0.4) is 0 Å². The van der Waals surface area contributed by atoms with Gasteiger partial charge < -0.3 is 15.4 Å². The van der Waals surface area contributed by atoms with Gasteiger partial charge in [-0.2, -0.15) is 0 Å². The number of methoxy groups -OCH3 is 1. The number of nitrogens with zero attached hydrogens (tertiary/aromatic N) is 2. The molecule has 10 heteroatoms. The highest BCUT2D eigenvalue weighted by molar-refractivity contribution is 8.01. The number of aromatic nitrogens is 2. The van der Waals surface area contributed by atoms with Crippen LogP contribution in [-0.2, 0) is 4.79 Å². The summed E-state index contributed by atoms with van der Waals surface area (Å²) in [7, 11) is 1.59. The number of hydrogen-bond donors (Lipinski definition) is 3. The van der Waals surface area contributed by atoms with Crippen molar-refractivity contribution in [3.63, 3.8) is 0 Å². The maximum atomic E-state index is 12.0. The Morgan fingerprint density at radius 1 is 1.15 bits per heavy atom. The molecule has 0 fully saturated rings. The molecule has 0 aliphatic carbocycles. The fraction of sp³-hybridized carbons (Fsp3) is 0.375. The van der Waals surface area contributed by atoms with Gasteiger partial charge in [0.2, 0.25) is 11.0 Å². The average Bonchev–Trinajstić information content (AvgIpc) is 2.99. The number of carbonyl (C=O) groups excluding carboxylic acids is 2. The second kappa shape index (κ2) is 8.86. The normalized spacial score (nSPS) is 10.9. The summed E-state index contributed by atoms with van der Waals surface area (Å²) in [5, 5.41) is 16.4. The van der Waals surface area contributed by atoms with E-state index < -0.39 is 0 Å². The van der Waals surface area contributed by atoms with Crippen molar-refractivity contribution in [2.75, 3.05) is 23.5 Å². The predicted octanol–water partition coefficient (Wildman–Crippen LogP) is 3.20. The van der Waals surface area contributed by atoms with Crippen molar-refractivity contribution in [2.24, 2.45) is 0 Å². The minimum Gasteiger partial charge on any atom is -0.497 e. The first-order valence-corrected chi connectivity index (χ1v) is 9.55. The predicted molar refractivity (Wildman–Crippen MR) is 104 cm³/mol. The number of hydrogen-bond acceptors (Lipinski definition) is 7. The summed E-state index contributed by atoms with van der Waals surface area (Å²) in [5.41, 5.74) is 0.348. The third-order valence-electron chi connectivity index (χ3n) is 2.82. The molecule has 26 heavy (non-hydrogen) atoms. The van der Waals surface area contributed by atoms with E-state index in [1.54, 1.807) is 31.4 Å². The monoisotopic (exact) mass is 395 g/mol. The molecule has 0 unspecified atom stereocenters. The molecule has 0 saturated carbocycles. The largest absolute Gasteiger partial charge is 0.497 e. The summed E-state index contributed by atoms with van der Waals surface area (Å²) in [6, 6.07) is 6.73. The Hall–Kier alpha value is -2.33. The molecule has 1 heterocycles. The van der Waals surface area contributed by atoms with Gasteiger partial charge in [-0.1, -0.05) is 23.1 Å². The first-order chi connectivity index (χ1) is 12.2. The number of anilines is 2. The Bertz CT molecular complexity index is 756. The van der Waals surface area contributed by atoms with E-state index in [1.165, 1.54) is 23.1 Å². The Morgan fingerprint density at radius 3 is 2.46 bits per heavy atom. The smallest absolute Gasteiger partial charge is 0.321 e. The molecular formula is C16H21N5O3S2. The SMILES string of the molecule is COc1ccc(NC(=O)CSc2nnc(NC(=O)NC(C)(C)C)s2)cc1. The topological polar surface area (TPSA) is 105 Å². The van der Waals surface area contributed by atoms with Crippen molar-refractivity contribution in [3.8, 4) is 5.75 Å². The molecule has 3 amide bonds. The number of ether oxygens (including phenoxy) is 1. The van der Waals surface area contributed by atoms with Gasteiger partial charge >= 0.3 is 6.03 Å². The van der Waals surface area contributed by atoms with Crippen LogP contribution in [0.15, 0.2) is 28.6 Å². The number of urea groups is 1. The zero-order valence-electron chi connectivity index (χ0n) is 15.0. The summed E-state index contributed by atoms with van der Waals surface area (Å²) in [5.74, 6) is 0.756. The van der Waals surface area contributed by atoms with Crippen LogP contribution in [0.25, 0.3) is 0 Å². The second-order valence-electron chi connectivity index (χ2n) is 6.27. The Labute approximate surface area is 160 Å². The summed E-state index contributed by atoms with van der Waals surface area (Å²) in [6.45, 7) is 5.65. The molecule has 0 spiro atoms. The molecule has 1 aromatic heterocycles. The van der Waals surface area contributed by atoms with E-state index in [9.17, 15) is 9.59 Å². The number of benzene rings is 1. The van der Waals surface area contributed by atoms with Crippen LogP contribution < -0.4 is 20.7 Å². The van der Waals surface area contributed by atoms with Crippen molar-refractivity contribution >= 4 is 45.9 Å². The molecule has 2 rings (SSSR count). The minimum absolute atomic E-state index is 0.157. The van der Waals surface area contributed by atoms with E-state index in [1.807, 2.05) is 20.8 Å². The number of thioether (sulfide) groups is 1. The average molecular weight is 396 g/mol. The molecule has 0 atom stereocenters. The van der Waals surface area contributed by atoms with E-state index in [4.69, 9.17) is 4.74 Å². The number of amides is 3. The van der Waals surface area contributed by atoms with Crippen LogP contribution in [0.1, 0.15) is 20.8 Å². The highest BCUT2D eigenvalue weighted by Crippen LogP contribution is 2.25. The Kier molecular flexibility index (Phi) is 6.81. The minimum atomic E-state index is -0.345. The lowest BCUT2D eigenvalue weighted by Crippen LogP contribution is -2.43.